The molecule has 0 unspecified atom stereocenters. The number of aryl methyl sites for hydroxylation is 2. The highest BCUT2D eigenvalue weighted by atomic mass is 32.2. The van der Waals surface area contributed by atoms with Gasteiger partial charge in [-0.15, -0.1) is 16.2 Å². The van der Waals surface area contributed by atoms with Gasteiger partial charge in [-0.3, -0.25) is 0 Å². The highest BCUT2D eigenvalue weighted by Crippen LogP contribution is 2.22. The summed E-state index contributed by atoms with van der Waals surface area (Å²) in [5.41, 5.74) is 0.873. The van der Waals surface area contributed by atoms with Crippen LogP contribution in [0.1, 0.15) is 10.6 Å². The SMILES string of the molecule is Cc1nc(N[C@@H](CSN=O)C(=O)O)sc1C. The summed E-state index contributed by atoms with van der Waals surface area (Å²) < 4.78 is 2.57. The number of rotatable bonds is 6. The monoisotopic (exact) mass is 261 g/mol. The van der Waals surface area contributed by atoms with Crippen molar-refractivity contribution in [2.45, 2.75) is 19.9 Å². The fourth-order valence-electron chi connectivity index (χ4n) is 0.963. The van der Waals surface area contributed by atoms with Crippen LogP contribution in [0.2, 0.25) is 0 Å². The lowest BCUT2D eigenvalue weighted by molar-refractivity contribution is -0.137. The Hall–Kier alpha value is -1.15. The first-order chi connectivity index (χ1) is 7.54. The van der Waals surface area contributed by atoms with Crippen molar-refractivity contribution in [3.8, 4) is 0 Å². The first kappa shape index (κ1) is 12.9. The second kappa shape index (κ2) is 5.80. The fraction of sp³-hybridized carbons (Fsp3) is 0.500. The molecule has 1 atom stereocenters. The van der Waals surface area contributed by atoms with Gasteiger partial charge >= 0.3 is 5.97 Å². The smallest absolute Gasteiger partial charge is 0.327 e. The van der Waals surface area contributed by atoms with Crippen molar-refractivity contribution in [1.82, 2.24) is 4.98 Å². The highest BCUT2D eigenvalue weighted by Gasteiger charge is 2.19. The third-order valence-corrected chi connectivity index (χ3v) is 3.51. The Morgan fingerprint density at radius 1 is 1.69 bits per heavy atom. The van der Waals surface area contributed by atoms with E-state index in [1.807, 2.05) is 13.8 Å². The Balaban J connectivity index is 2.67. The summed E-state index contributed by atoms with van der Waals surface area (Å²) >= 11 is 2.07. The summed E-state index contributed by atoms with van der Waals surface area (Å²) in [7, 11) is 0. The molecule has 0 saturated heterocycles. The van der Waals surface area contributed by atoms with Crippen molar-refractivity contribution in [3.05, 3.63) is 15.5 Å². The van der Waals surface area contributed by atoms with E-state index in [4.69, 9.17) is 5.11 Å². The van der Waals surface area contributed by atoms with Gasteiger partial charge in [0.05, 0.1) is 5.69 Å². The molecule has 0 fully saturated rings. The van der Waals surface area contributed by atoms with Crippen molar-refractivity contribution in [1.29, 1.82) is 0 Å². The molecule has 16 heavy (non-hydrogen) atoms. The fourth-order valence-corrected chi connectivity index (χ4v) is 2.27. The molecule has 0 aliphatic rings. The average Bonchev–Trinajstić information content (AvgIpc) is 2.52. The van der Waals surface area contributed by atoms with Crippen molar-refractivity contribution in [3.63, 3.8) is 0 Å². The van der Waals surface area contributed by atoms with Crippen LogP contribution in [0.15, 0.2) is 4.58 Å². The van der Waals surface area contributed by atoms with E-state index in [0.29, 0.717) is 17.1 Å². The molecular formula is C8H11N3O3S2. The zero-order valence-electron chi connectivity index (χ0n) is 8.76. The second-order valence-corrected chi connectivity index (χ2v) is 5.01. The third-order valence-electron chi connectivity index (χ3n) is 1.92. The number of aromatic nitrogens is 1. The van der Waals surface area contributed by atoms with Gasteiger partial charge in [0.2, 0.25) is 0 Å². The molecular weight excluding hydrogens is 250 g/mol. The number of nitrogens with one attached hydrogen (secondary N) is 1. The Kier molecular flexibility index (Phi) is 4.69. The second-order valence-electron chi connectivity index (χ2n) is 3.07. The van der Waals surface area contributed by atoms with E-state index in [2.05, 4.69) is 14.9 Å². The number of carboxylic acids is 1. The predicted octanol–water partition coefficient (Wildman–Crippen LogP) is 2.04. The zero-order valence-corrected chi connectivity index (χ0v) is 10.4. The Bertz CT molecular complexity index is 374. The number of aliphatic carboxylic acids is 1. The lowest BCUT2D eigenvalue weighted by Gasteiger charge is -2.10. The maximum Gasteiger partial charge on any atom is 0.327 e. The molecule has 0 saturated carbocycles. The number of carboxylic acid groups (broad SMARTS) is 1. The molecule has 0 spiro atoms. The Morgan fingerprint density at radius 2 is 2.38 bits per heavy atom. The molecule has 0 bridgehead atoms. The summed E-state index contributed by atoms with van der Waals surface area (Å²) in [5, 5.41) is 12.2. The van der Waals surface area contributed by atoms with Gasteiger partial charge in [-0.2, -0.15) is 0 Å². The maximum absolute atomic E-state index is 10.9. The molecule has 0 aliphatic carbocycles. The minimum absolute atomic E-state index is 0.0799. The van der Waals surface area contributed by atoms with Crippen LogP contribution in [0.5, 0.6) is 0 Å². The van der Waals surface area contributed by atoms with Gasteiger partial charge in [-0.05, 0) is 13.8 Å². The van der Waals surface area contributed by atoms with Crippen LogP contribution >= 0.6 is 23.3 Å². The van der Waals surface area contributed by atoms with Gasteiger partial charge in [0.15, 0.2) is 5.13 Å². The molecule has 6 nitrogen and oxygen atoms in total. The van der Waals surface area contributed by atoms with Crippen LogP contribution in [0, 0.1) is 18.8 Å². The Labute approximate surface area is 101 Å². The van der Waals surface area contributed by atoms with Crippen molar-refractivity contribution < 1.29 is 9.90 Å². The molecule has 1 rings (SSSR count). The molecule has 1 aromatic heterocycles. The maximum atomic E-state index is 10.9. The van der Waals surface area contributed by atoms with Gasteiger partial charge in [0.25, 0.3) is 0 Å². The number of nitroso groups, excluding NO2 is 1. The van der Waals surface area contributed by atoms with Crippen LogP contribution < -0.4 is 5.32 Å². The zero-order chi connectivity index (χ0) is 12.1. The van der Waals surface area contributed by atoms with Crippen LogP contribution in [0.4, 0.5) is 5.13 Å². The van der Waals surface area contributed by atoms with Gasteiger partial charge in [0.1, 0.15) is 6.04 Å². The minimum Gasteiger partial charge on any atom is -0.480 e. The standard InChI is InChI=1S/C8H11N3O3S2/c1-4-5(2)16-8(9-4)10-6(7(12)13)3-15-11-14/h6H,3H2,1-2H3,(H,9,10)(H,12,13)/t6-/m0/s1. The molecule has 1 aromatic rings. The molecule has 0 amide bonds. The number of carbonyl (C=O) groups is 1. The summed E-state index contributed by atoms with van der Waals surface area (Å²) in [6.07, 6.45) is 0. The minimum atomic E-state index is -1.03. The van der Waals surface area contributed by atoms with E-state index in [1.165, 1.54) is 11.3 Å². The number of nitrogens with zero attached hydrogens (tertiary/aromatic N) is 2. The van der Waals surface area contributed by atoms with Crippen LogP contribution in [0.3, 0.4) is 0 Å². The lowest BCUT2D eigenvalue weighted by atomic mass is 10.3. The number of thiazole rings is 1. The topological polar surface area (TPSA) is 91.7 Å². The number of hydrogen-bond donors (Lipinski definition) is 2. The van der Waals surface area contributed by atoms with Gasteiger partial charge in [-0.25, -0.2) is 9.78 Å². The third kappa shape index (κ3) is 3.46. The van der Waals surface area contributed by atoms with Crippen molar-refractivity contribution >= 4 is 34.4 Å². The summed E-state index contributed by atoms with van der Waals surface area (Å²) in [6.45, 7) is 3.77. The first-order valence-electron chi connectivity index (χ1n) is 4.42. The van der Waals surface area contributed by atoms with Crippen LogP contribution in [0.25, 0.3) is 0 Å². The molecule has 0 aliphatic heterocycles. The van der Waals surface area contributed by atoms with Gasteiger partial charge in [-0.1, -0.05) is 0 Å². The van der Waals surface area contributed by atoms with E-state index in [-0.39, 0.29) is 5.75 Å². The quantitative estimate of drug-likeness (QED) is 0.601. The summed E-state index contributed by atoms with van der Waals surface area (Å²) in [6, 6.07) is -0.854. The molecule has 88 valence electrons. The van der Waals surface area contributed by atoms with Gasteiger partial charge < -0.3 is 10.4 Å². The van der Waals surface area contributed by atoms with E-state index >= 15 is 0 Å². The largest absolute Gasteiger partial charge is 0.480 e. The van der Waals surface area contributed by atoms with E-state index < -0.39 is 12.0 Å². The summed E-state index contributed by atoms with van der Waals surface area (Å²) in [5.74, 6) is -0.946. The molecule has 0 radical (unpaired) electrons. The van der Waals surface area contributed by atoms with Crippen LogP contribution in [-0.4, -0.2) is 27.9 Å². The average molecular weight is 261 g/mol. The molecule has 0 aromatic carbocycles. The molecule has 2 N–H and O–H groups in total. The summed E-state index contributed by atoms with van der Waals surface area (Å²) in [4.78, 5) is 26.0. The highest BCUT2D eigenvalue weighted by molar-refractivity contribution is 7.97. The van der Waals surface area contributed by atoms with Gasteiger partial charge in [0, 0.05) is 27.2 Å². The lowest BCUT2D eigenvalue weighted by Crippen LogP contribution is -2.31. The number of anilines is 1. The Morgan fingerprint density at radius 3 is 2.81 bits per heavy atom. The van der Waals surface area contributed by atoms with E-state index in [9.17, 15) is 9.70 Å². The van der Waals surface area contributed by atoms with Crippen LogP contribution in [-0.2, 0) is 4.79 Å². The van der Waals surface area contributed by atoms with E-state index in [0.717, 1.165) is 10.6 Å². The van der Waals surface area contributed by atoms with Crippen molar-refractivity contribution in [2.75, 3.05) is 11.1 Å². The first-order valence-corrected chi connectivity index (χ1v) is 6.18. The molecule has 8 heteroatoms. The number of hydrogen-bond acceptors (Lipinski definition) is 7. The molecule has 1 heterocycles. The van der Waals surface area contributed by atoms with E-state index in [1.54, 1.807) is 0 Å². The predicted molar refractivity (Wildman–Crippen MR) is 64.9 cm³/mol. The normalized spacial score (nSPS) is 12.1. The van der Waals surface area contributed by atoms with Crippen molar-refractivity contribution in [2.24, 2.45) is 4.58 Å².